The highest BCUT2D eigenvalue weighted by Crippen LogP contribution is 2.26. The van der Waals surface area contributed by atoms with Crippen molar-refractivity contribution in [2.45, 2.75) is 17.9 Å². The molecule has 0 aliphatic rings. The zero-order chi connectivity index (χ0) is 29.0. The molecule has 1 aromatic heterocycles. The maximum absolute atomic E-state index is 13.2. The van der Waals surface area contributed by atoms with Crippen molar-refractivity contribution >= 4 is 44.2 Å². The Hall–Kier alpha value is -4.91. The fourth-order valence-electron chi connectivity index (χ4n) is 3.70. The lowest BCUT2D eigenvalue weighted by molar-refractivity contribution is -0.123. The zero-order valence-electron chi connectivity index (χ0n) is 21.5. The number of benzene rings is 3. The van der Waals surface area contributed by atoms with Gasteiger partial charge in [-0.2, -0.15) is 0 Å². The van der Waals surface area contributed by atoms with E-state index in [9.17, 15) is 27.2 Å². The number of anilines is 2. The van der Waals surface area contributed by atoms with E-state index in [1.54, 1.807) is 18.2 Å². The SMILES string of the molecule is COc1cc(NC(=O)[C@H](C)OC(=O)c2cc(=O)[nH]c3ccc(S(=O)(=O)Nc4ccc(F)cc4)cc23)cc(OC)c1. The third-order valence-corrected chi connectivity index (χ3v) is 7.09. The summed E-state index contributed by atoms with van der Waals surface area (Å²) in [5.41, 5.74) is -0.272. The van der Waals surface area contributed by atoms with Crippen LogP contribution in [0, 0.1) is 5.82 Å². The molecule has 208 valence electrons. The Kier molecular flexibility index (Phi) is 8.05. The van der Waals surface area contributed by atoms with Crippen LogP contribution in [0.15, 0.2) is 76.4 Å². The number of carbonyl (C=O) groups excluding carboxylic acids is 2. The van der Waals surface area contributed by atoms with E-state index in [0.29, 0.717) is 17.2 Å². The Bertz CT molecular complexity index is 1730. The molecule has 0 bridgehead atoms. The summed E-state index contributed by atoms with van der Waals surface area (Å²) in [6.07, 6.45) is -1.30. The summed E-state index contributed by atoms with van der Waals surface area (Å²) >= 11 is 0. The van der Waals surface area contributed by atoms with Gasteiger partial charge in [-0.25, -0.2) is 17.6 Å². The van der Waals surface area contributed by atoms with Crippen molar-refractivity contribution in [3.63, 3.8) is 0 Å². The highest BCUT2D eigenvalue weighted by molar-refractivity contribution is 7.92. The van der Waals surface area contributed by atoms with Gasteiger partial charge in [0.25, 0.3) is 15.9 Å². The molecule has 4 rings (SSSR count). The van der Waals surface area contributed by atoms with Crippen molar-refractivity contribution in [2.75, 3.05) is 24.3 Å². The van der Waals surface area contributed by atoms with Crippen LogP contribution in [0.4, 0.5) is 15.8 Å². The van der Waals surface area contributed by atoms with Crippen LogP contribution < -0.4 is 25.1 Å². The van der Waals surface area contributed by atoms with Crippen LogP contribution in [0.1, 0.15) is 17.3 Å². The molecule has 3 N–H and O–H groups in total. The number of fused-ring (bicyclic) bond motifs is 1. The van der Waals surface area contributed by atoms with Crippen molar-refractivity contribution < 1.29 is 36.6 Å². The van der Waals surface area contributed by atoms with Gasteiger partial charge in [-0.15, -0.1) is 0 Å². The second-order valence-electron chi connectivity index (χ2n) is 8.51. The Morgan fingerprint density at radius 1 is 0.900 bits per heavy atom. The second-order valence-corrected chi connectivity index (χ2v) is 10.2. The second kappa shape index (κ2) is 11.5. The molecule has 11 nitrogen and oxygen atoms in total. The van der Waals surface area contributed by atoms with E-state index in [2.05, 4.69) is 15.0 Å². The van der Waals surface area contributed by atoms with Gasteiger partial charge in [0.05, 0.1) is 24.7 Å². The number of methoxy groups -OCH3 is 2. The van der Waals surface area contributed by atoms with E-state index in [0.717, 1.165) is 18.2 Å². The predicted octanol–water partition coefficient (Wildman–Crippen LogP) is 3.67. The molecule has 0 unspecified atom stereocenters. The molecule has 0 aliphatic carbocycles. The summed E-state index contributed by atoms with van der Waals surface area (Å²) in [6, 6.07) is 14.1. The molecule has 3 aromatic carbocycles. The quantitative estimate of drug-likeness (QED) is 0.258. The lowest BCUT2D eigenvalue weighted by Gasteiger charge is -2.15. The van der Waals surface area contributed by atoms with Gasteiger partial charge in [0, 0.05) is 46.5 Å². The van der Waals surface area contributed by atoms with Gasteiger partial charge in [0.1, 0.15) is 17.3 Å². The lowest BCUT2D eigenvalue weighted by Crippen LogP contribution is -2.30. The minimum atomic E-state index is -4.15. The number of pyridine rings is 1. The van der Waals surface area contributed by atoms with Crippen LogP contribution in [-0.4, -0.2) is 45.6 Å². The number of hydrogen-bond donors (Lipinski definition) is 3. The van der Waals surface area contributed by atoms with Gasteiger partial charge in [-0.1, -0.05) is 0 Å². The summed E-state index contributed by atoms with van der Waals surface area (Å²) in [7, 11) is -1.25. The average Bonchev–Trinajstić information content (AvgIpc) is 2.92. The molecule has 1 atom stereocenters. The summed E-state index contributed by atoms with van der Waals surface area (Å²) in [6.45, 7) is 1.34. The van der Waals surface area contributed by atoms with Gasteiger partial charge < -0.3 is 24.5 Å². The minimum Gasteiger partial charge on any atom is -0.497 e. The van der Waals surface area contributed by atoms with Crippen LogP contribution in [0.25, 0.3) is 10.9 Å². The van der Waals surface area contributed by atoms with Crippen molar-refractivity contribution in [3.05, 3.63) is 88.5 Å². The van der Waals surface area contributed by atoms with E-state index in [1.807, 2.05) is 0 Å². The molecule has 0 spiro atoms. The third-order valence-electron chi connectivity index (χ3n) is 5.71. The van der Waals surface area contributed by atoms with Gasteiger partial charge in [0.2, 0.25) is 5.56 Å². The van der Waals surface area contributed by atoms with Crippen molar-refractivity contribution in [3.8, 4) is 11.5 Å². The molecule has 0 radical (unpaired) electrons. The van der Waals surface area contributed by atoms with Crippen LogP contribution in [-0.2, 0) is 19.6 Å². The average molecular weight is 570 g/mol. The van der Waals surface area contributed by atoms with Crippen molar-refractivity contribution in [2.24, 2.45) is 0 Å². The van der Waals surface area contributed by atoms with E-state index in [-0.39, 0.29) is 27.0 Å². The molecular weight excluding hydrogens is 545 g/mol. The molecule has 1 heterocycles. The van der Waals surface area contributed by atoms with E-state index in [4.69, 9.17) is 14.2 Å². The number of esters is 1. The molecule has 4 aromatic rings. The number of H-pyrrole nitrogens is 1. The molecule has 0 aliphatic heterocycles. The lowest BCUT2D eigenvalue weighted by atomic mass is 10.1. The van der Waals surface area contributed by atoms with E-state index in [1.165, 1.54) is 51.5 Å². The fraction of sp³-hybridized carbons (Fsp3) is 0.148. The van der Waals surface area contributed by atoms with Gasteiger partial charge in [-0.3, -0.25) is 14.3 Å². The number of sulfonamides is 1. The molecule has 40 heavy (non-hydrogen) atoms. The molecule has 0 fully saturated rings. The number of nitrogens with one attached hydrogen (secondary N) is 3. The molecule has 0 saturated heterocycles. The number of aromatic amines is 1. The number of hydrogen-bond acceptors (Lipinski definition) is 8. The number of aromatic nitrogens is 1. The monoisotopic (exact) mass is 569 g/mol. The summed E-state index contributed by atoms with van der Waals surface area (Å²) in [5.74, 6) is -1.39. The Morgan fingerprint density at radius 2 is 1.55 bits per heavy atom. The normalized spacial score (nSPS) is 11.9. The predicted molar refractivity (Wildman–Crippen MR) is 145 cm³/mol. The summed E-state index contributed by atoms with van der Waals surface area (Å²) in [5, 5.41) is 2.66. The van der Waals surface area contributed by atoms with E-state index >= 15 is 0 Å². The number of rotatable bonds is 9. The third kappa shape index (κ3) is 6.38. The van der Waals surface area contributed by atoms with Crippen molar-refractivity contribution in [1.82, 2.24) is 4.98 Å². The first-order valence-electron chi connectivity index (χ1n) is 11.7. The van der Waals surface area contributed by atoms with Gasteiger partial charge in [-0.05, 0) is 49.4 Å². The fourth-order valence-corrected chi connectivity index (χ4v) is 4.79. The van der Waals surface area contributed by atoms with Crippen molar-refractivity contribution in [1.29, 1.82) is 0 Å². The summed E-state index contributed by atoms with van der Waals surface area (Å²) < 4.78 is 57.1. The number of ether oxygens (including phenoxy) is 3. The van der Waals surface area contributed by atoms with Crippen LogP contribution >= 0.6 is 0 Å². The maximum atomic E-state index is 13.2. The number of carbonyl (C=O) groups is 2. The highest BCUT2D eigenvalue weighted by atomic mass is 32.2. The summed E-state index contributed by atoms with van der Waals surface area (Å²) in [4.78, 5) is 40.3. The number of halogens is 1. The first-order valence-corrected chi connectivity index (χ1v) is 13.2. The largest absolute Gasteiger partial charge is 0.497 e. The van der Waals surface area contributed by atoms with Crippen LogP contribution in [0.2, 0.25) is 0 Å². The number of amides is 1. The Morgan fingerprint density at radius 3 is 2.17 bits per heavy atom. The molecular formula is C27H24FN3O8S. The topological polar surface area (TPSA) is 153 Å². The first kappa shape index (κ1) is 28.1. The molecule has 13 heteroatoms. The Labute approximate surface area is 227 Å². The maximum Gasteiger partial charge on any atom is 0.339 e. The van der Waals surface area contributed by atoms with E-state index < -0.39 is 39.4 Å². The van der Waals surface area contributed by atoms with Gasteiger partial charge in [0.15, 0.2) is 6.10 Å². The Balaban J connectivity index is 1.58. The zero-order valence-corrected chi connectivity index (χ0v) is 22.3. The highest BCUT2D eigenvalue weighted by Gasteiger charge is 2.23. The molecule has 0 saturated carbocycles. The smallest absolute Gasteiger partial charge is 0.339 e. The molecule has 1 amide bonds. The minimum absolute atomic E-state index is 0.0664. The first-order chi connectivity index (χ1) is 19.0. The standard InChI is InChI=1S/C27H24FN3O8S/c1-15(26(33)29-18-10-19(37-2)12-20(11-18)38-3)39-27(34)23-14-25(32)30-24-9-8-21(13-22(23)24)40(35,36)31-17-6-4-16(28)5-7-17/h4-15,31H,1-3H3,(H,29,33)(H,30,32)/t15-/m0/s1. The van der Waals surface area contributed by atoms with Crippen LogP contribution in [0.5, 0.6) is 11.5 Å². The van der Waals surface area contributed by atoms with Crippen LogP contribution in [0.3, 0.4) is 0 Å². The van der Waals surface area contributed by atoms with Gasteiger partial charge >= 0.3 is 5.97 Å².